The molecule has 1 aliphatic rings. The van der Waals surface area contributed by atoms with Gasteiger partial charge in [0, 0.05) is 6.04 Å². The second-order valence-corrected chi connectivity index (χ2v) is 3.81. The molecule has 0 spiro atoms. The van der Waals surface area contributed by atoms with Crippen LogP contribution < -0.4 is 11.1 Å². The van der Waals surface area contributed by atoms with Crippen LogP contribution in [0.25, 0.3) is 0 Å². The number of carboxylic acid groups (broad SMARTS) is 1. The van der Waals surface area contributed by atoms with E-state index in [0.29, 0.717) is 18.7 Å². The van der Waals surface area contributed by atoms with E-state index in [9.17, 15) is 4.79 Å². The lowest BCUT2D eigenvalue weighted by atomic mass is 9.80. The summed E-state index contributed by atoms with van der Waals surface area (Å²) in [6, 6.07) is 0.220. The lowest BCUT2D eigenvalue weighted by molar-refractivity contribution is -0.145. The average Bonchev–Trinajstić information content (AvgIpc) is 2.10. The summed E-state index contributed by atoms with van der Waals surface area (Å²) < 4.78 is 0. The fourth-order valence-electron chi connectivity index (χ4n) is 1.53. The van der Waals surface area contributed by atoms with Crippen molar-refractivity contribution < 1.29 is 9.90 Å². The van der Waals surface area contributed by atoms with Crippen LogP contribution in [0.3, 0.4) is 0 Å². The molecule has 0 unspecified atom stereocenters. The largest absolute Gasteiger partial charge is 0.481 e. The minimum atomic E-state index is -0.707. The second-order valence-electron chi connectivity index (χ2n) is 3.81. The van der Waals surface area contributed by atoms with Crippen molar-refractivity contribution in [3.8, 4) is 0 Å². The number of nitrogens with one attached hydrogen (secondary N) is 1. The molecule has 0 atom stereocenters. The van der Waals surface area contributed by atoms with Gasteiger partial charge in [0.25, 0.3) is 0 Å². The minimum Gasteiger partial charge on any atom is -0.481 e. The Morgan fingerprint density at radius 1 is 1.60 bits per heavy atom. The van der Waals surface area contributed by atoms with Gasteiger partial charge in [0.05, 0.1) is 11.7 Å². The number of carbonyl (C=O) groups is 1. The highest BCUT2D eigenvalue weighted by Crippen LogP contribution is 2.27. The molecule has 1 fully saturated rings. The number of hydrogen-bond donors (Lipinski definition) is 3. The maximum absolute atomic E-state index is 10.5. The molecule has 0 heterocycles. The molecule has 84 valence electrons. The van der Waals surface area contributed by atoms with E-state index in [1.165, 1.54) is 0 Å². The Morgan fingerprint density at radius 2 is 2.27 bits per heavy atom. The summed E-state index contributed by atoms with van der Waals surface area (Å²) in [4.78, 5) is 10.5. The van der Waals surface area contributed by atoms with Crippen molar-refractivity contribution in [3.05, 3.63) is 24.0 Å². The molecule has 0 aromatic carbocycles. The van der Waals surface area contributed by atoms with E-state index in [1.54, 1.807) is 6.08 Å². The zero-order chi connectivity index (χ0) is 11.3. The Hall–Kier alpha value is -1.45. The molecule has 0 aromatic rings. The van der Waals surface area contributed by atoms with Crippen molar-refractivity contribution in [1.29, 1.82) is 0 Å². The number of aliphatic carboxylic acids is 1. The molecular formula is C11H18N2O2. The van der Waals surface area contributed by atoms with Crippen LogP contribution in [0.4, 0.5) is 0 Å². The summed E-state index contributed by atoms with van der Waals surface area (Å²) in [5, 5.41) is 11.8. The number of hydrogen-bond acceptors (Lipinski definition) is 3. The fourth-order valence-corrected chi connectivity index (χ4v) is 1.53. The van der Waals surface area contributed by atoms with Crippen molar-refractivity contribution in [3.63, 3.8) is 0 Å². The Balaban J connectivity index is 2.24. The van der Waals surface area contributed by atoms with Crippen LogP contribution in [0.1, 0.15) is 26.2 Å². The third-order valence-electron chi connectivity index (χ3n) is 2.51. The van der Waals surface area contributed by atoms with Crippen LogP contribution in [0.5, 0.6) is 0 Å². The summed E-state index contributed by atoms with van der Waals surface area (Å²) in [5.74, 6) is -0.295. The first-order chi connectivity index (χ1) is 7.13. The topological polar surface area (TPSA) is 75.3 Å². The van der Waals surface area contributed by atoms with Gasteiger partial charge in [0.2, 0.25) is 0 Å². The molecule has 1 rings (SSSR count). The Bertz CT molecular complexity index is 278. The Kier molecular flexibility index (Phi) is 4.21. The SMILES string of the molecule is CC/C=C\C=C(/N)NC1CC(C(=O)O)C1. The van der Waals surface area contributed by atoms with Gasteiger partial charge in [-0.1, -0.05) is 19.1 Å². The van der Waals surface area contributed by atoms with Crippen molar-refractivity contribution in [2.24, 2.45) is 11.7 Å². The average molecular weight is 210 g/mol. The molecule has 0 bridgehead atoms. The predicted octanol–water partition coefficient (Wildman–Crippen LogP) is 1.21. The van der Waals surface area contributed by atoms with E-state index < -0.39 is 5.97 Å². The van der Waals surface area contributed by atoms with Crippen molar-refractivity contribution >= 4 is 5.97 Å². The first-order valence-corrected chi connectivity index (χ1v) is 5.25. The number of rotatable bonds is 5. The monoisotopic (exact) mass is 210 g/mol. The van der Waals surface area contributed by atoms with Gasteiger partial charge in [-0.05, 0) is 25.3 Å². The molecule has 1 aliphatic carbocycles. The highest BCUT2D eigenvalue weighted by molar-refractivity contribution is 5.71. The molecule has 4 heteroatoms. The molecule has 4 N–H and O–H groups in total. The van der Waals surface area contributed by atoms with Crippen LogP contribution in [-0.4, -0.2) is 17.1 Å². The summed E-state index contributed by atoms with van der Waals surface area (Å²) >= 11 is 0. The maximum atomic E-state index is 10.5. The van der Waals surface area contributed by atoms with Gasteiger partial charge in [0.15, 0.2) is 0 Å². The van der Waals surface area contributed by atoms with Crippen molar-refractivity contribution in [2.45, 2.75) is 32.2 Å². The molecular weight excluding hydrogens is 192 g/mol. The summed E-state index contributed by atoms with van der Waals surface area (Å²) in [6.45, 7) is 2.05. The lowest BCUT2D eigenvalue weighted by Gasteiger charge is -2.33. The third-order valence-corrected chi connectivity index (χ3v) is 2.51. The number of carboxylic acids is 1. The van der Waals surface area contributed by atoms with E-state index in [0.717, 1.165) is 6.42 Å². The van der Waals surface area contributed by atoms with E-state index in [-0.39, 0.29) is 12.0 Å². The zero-order valence-electron chi connectivity index (χ0n) is 8.94. The van der Waals surface area contributed by atoms with Crippen LogP contribution in [-0.2, 0) is 4.79 Å². The van der Waals surface area contributed by atoms with E-state index in [4.69, 9.17) is 10.8 Å². The number of allylic oxidation sites excluding steroid dienone is 3. The van der Waals surface area contributed by atoms with Gasteiger partial charge < -0.3 is 16.2 Å². The van der Waals surface area contributed by atoms with Gasteiger partial charge in [-0.3, -0.25) is 4.79 Å². The first-order valence-electron chi connectivity index (χ1n) is 5.25. The Labute approximate surface area is 89.8 Å². The molecule has 1 saturated carbocycles. The van der Waals surface area contributed by atoms with E-state index in [1.807, 2.05) is 12.2 Å². The zero-order valence-corrected chi connectivity index (χ0v) is 8.94. The van der Waals surface area contributed by atoms with Gasteiger partial charge in [0.1, 0.15) is 0 Å². The number of nitrogens with two attached hydrogens (primary N) is 1. The predicted molar refractivity (Wildman–Crippen MR) is 59.0 cm³/mol. The van der Waals surface area contributed by atoms with Gasteiger partial charge in [-0.2, -0.15) is 0 Å². The summed E-state index contributed by atoms with van der Waals surface area (Å²) in [5.41, 5.74) is 5.70. The molecule has 15 heavy (non-hydrogen) atoms. The van der Waals surface area contributed by atoms with Gasteiger partial charge >= 0.3 is 5.97 Å². The van der Waals surface area contributed by atoms with Crippen LogP contribution >= 0.6 is 0 Å². The van der Waals surface area contributed by atoms with Gasteiger partial charge in [-0.15, -0.1) is 0 Å². The van der Waals surface area contributed by atoms with Gasteiger partial charge in [-0.25, -0.2) is 0 Å². The fraction of sp³-hybridized carbons (Fsp3) is 0.545. The normalized spacial score (nSPS) is 26.3. The highest BCUT2D eigenvalue weighted by Gasteiger charge is 2.34. The second kappa shape index (κ2) is 5.44. The Morgan fingerprint density at radius 3 is 2.80 bits per heavy atom. The van der Waals surface area contributed by atoms with Crippen LogP contribution in [0, 0.1) is 5.92 Å². The molecule has 0 saturated heterocycles. The third kappa shape index (κ3) is 3.65. The summed E-state index contributed by atoms with van der Waals surface area (Å²) in [7, 11) is 0. The van der Waals surface area contributed by atoms with Crippen molar-refractivity contribution in [2.75, 3.05) is 0 Å². The van der Waals surface area contributed by atoms with Crippen molar-refractivity contribution in [1.82, 2.24) is 5.32 Å². The molecule has 0 radical (unpaired) electrons. The molecule has 0 aromatic heterocycles. The van der Waals surface area contributed by atoms with Crippen LogP contribution in [0.15, 0.2) is 24.0 Å². The van der Waals surface area contributed by atoms with Crippen LogP contribution in [0.2, 0.25) is 0 Å². The smallest absolute Gasteiger partial charge is 0.306 e. The lowest BCUT2D eigenvalue weighted by Crippen LogP contribution is -2.45. The quantitative estimate of drug-likeness (QED) is 0.596. The molecule has 0 aliphatic heterocycles. The van der Waals surface area contributed by atoms with E-state index >= 15 is 0 Å². The highest BCUT2D eigenvalue weighted by atomic mass is 16.4. The van der Waals surface area contributed by atoms with E-state index in [2.05, 4.69) is 12.2 Å². The molecule has 4 nitrogen and oxygen atoms in total. The first kappa shape index (κ1) is 11.6. The maximum Gasteiger partial charge on any atom is 0.306 e. The standard InChI is InChI=1S/C11H18N2O2/c1-2-3-4-5-10(12)13-9-6-8(7-9)11(14)15/h3-5,8-9,13H,2,6-7,12H2,1H3,(H,14,15)/b4-3-,10-5+. The minimum absolute atomic E-state index is 0.193. The molecule has 0 amide bonds. The summed E-state index contributed by atoms with van der Waals surface area (Å²) in [6.07, 6.45) is 8.03.